The minimum atomic E-state index is 0.869. The predicted molar refractivity (Wildman–Crippen MR) is 392 cm³/mol. The Morgan fingerprint density at radius 3 is 1.23 bits per heavy atom. The Morgan fingerprint density at radius 1 is 0.239 bits per heavy atom. The summed E-state index contributed by atoms with van der Waals surface area (Å²) in [6.07, 6.45) is 0. The van der Waals surface area contributed by atoms with Crippen LogP contribution in [0.1, 0.15) is 0 Å². The summed E-state index contributed by atoms with van der Waals surface area (Å²) in [5, 5.41) is 19.5. The fourth-order valence-electron chi connectivity index (χ4n) is 15.8. The lowest BCUT2D eigenvalue weighted by Gasteiger charge is -2.19. The van der Waals surface area contributed by atoms with E-state index < -0.39 is 0 Å². The standard InChI is InChI=1S/C88H52N2OS/c1-2-27-58(28-3-1)89-78-49-47-57(81-67-34-10-14-38-71(67)83(72-39-15-11-35-68(72)81)64-43-20-25-54-23-5-7-31-61(54)64)52-76(78)88-85(89)74-44-21-41-62(87(74)92-88)55-26-18-29-59(50-55)90-77-48-46-56(51-75(77)86-84(90)73-40-16-17-45-79(73)91-86)80-65-32-8-12-36-69(65)82(70-37-13-9-33-66(70)80)63-42-19-24-53-22-4-6-30-60(53)63/h1-52H. The van der Waals surface area contributed by atoms with E-state index in [4.69, 9.17) is 4.42 Å². The summed E-state index contributed by atoms with van der Waals surface area (Å²) < 4.78 is 14.5. The van der Waals surface area contributed by atoms with Gasteiger partial charge in [0.15, 0.2) is 5.58 Å². The van der Waals surface area contributed by atoms with Gasteiger partial charge in [-0.25, -0.2) is 0 Å². The molecule has 3 nitrogen and oxygen atoms in total. The maximum absolute atomic E-state index is 7.03. The third-order valence-corrected chi connectivity index (χ3v) is 20.9. The van der Waals surface area contributed by atoms with Crippen LogP contribution in [0.3, 0.4) is 0 Å². The van der Waals surface area contributed by atoms with Gasteiger partial charge in [-0.2, -0.15) is 0 Å². The van der Waals surface area contributed by atoms with Gasteiger partial charge in [0.2, 0.25) is 0 Å². The van der Waals surface area contributed by atoms with Crippen molar-refractivity contribution in [3.8, 4) is 67.0 Å². The Labute approximate surface area is 532 Å². The number of rotatable bonds is 7. The maximum Gasteiger partial charge on any atom is 0.161 e. The predicted octanol–water partition coefficient (Wildman–Crippen LogP) is 25.1. The Kier molecular flexibility index (Phi) is 11.0. The molecule has 0 atom stereocenters. The number of nitrogens with zero attached hydrogens (tertiary/aromatic N) is 2. The number of aromatic nitrogens is 2. The first kappa shape index (κ1) is 51.1. The largest absolute Gasteiger partial charge is 0.454 e. The fraction of sp³-hybridized carbons (Fsp3) is 0. The second kappa shape index (κ2) is 19.8. The van der Waals surface area contributed by atoms with Crippen molar-refractivity contribution in [2.75, 3.05) is 0 Å². The molecule has 0 saturated carbocycles. The van der Waals surface area contributed by atoms with Gasteiger partial charge in [-0.05, 0) is 181 Å². The summed E-state index contributed by atoms with van der Waals surface area (Å²) in [4.78, 5) is 0. The smallest absolute Gasteiger partial charge is 0.161 e. The van der Waals surface area contributed by atoms with Crippen LogP contribution in [-0.4, -0.2) is 9.13 Å². The van der Waals surface area contributed by atoms with Crippen LogP contribution in [0.4, 0.5) is 0 Å². The van der Waals surface area contributed by atoms with Gasteiger partial charge in [0, 0.05) is 37.6 Å². The van der Waals surface area contributed by atoms with E-state index in [1.54, 1.807) is 0 Å². The zero-order valence-electron chi connectivity index (χ0n) is 49.7. The molecule has 92 heavy (non-hydrogen) atoms. The van der Waals surface area contributed by atoms with Crippen molar-refractivity contribution in [2.24, 2.45) is 0 Å². The van der Waals surface area contributed by atoms with E-state index in [1.807, 2.05) is 11.3 Å². The van der Waals surface area contributed by atoms with Crippen molar-refractivity contribution in [2.45, 2.75) is 0 Å². The number of furan rings is 1. The van der Waals surface area contributed by atoms with E-state index in [0.29, 0.717) is 0 Å². The van der Waals surface area contributed by atoms with Gasteiger partial charge in [0.25, 0.3) is 0 Å². The highest BCUT2D eigenvalue weighted by Crippen LogP contribution is 2.52. The van der Waals surface area contributed by atoms with Gasteiger partial charge in [0.05, 0.1) is 21.3 Å². The molecule has 0 fully saturated rings. The number of hydrogen-bond acceptors (Lipinski definition) is 2. The molecule has 0 saturated heterocycles. The van der Waals surface area contributed by atoms with Gasteiger partial charge in [-0.1, -0.05) is 255 Å². The van der Waals surface area contributed by atoms with Crippen LogP contribution in [0.2, 0.25) is 0 Å². The average Bonchev–Trinajstić information content (AvgIpc) is 1.45. The van der Waals surface area contributed by atoms with Crippen molar-refractivity contribution >= 4 is 140 Å². The molecule has 20 aromatic rings. The van der Waals surface area contributed by atoms with Crippen LogP contribution in [0.25, 0.3) is 196 Å². The lowest BCUT2D eigenvalue weighted by atomic mass is 9.84. The van der Waals surface area contributed by atoms with E-state index in [2.05, 4.69) is 325 Å². The van der Waals surface area contributed by atoms with E-state index in [9.17, 15) is 0 Å². The molecule has 0 unspecified atom stereocenters. The van der Waals surface area contributed by atoms with Crippen LogP contribution in [0.15, 0.2) is 320 Å². The average molecular weight is 1190 g/mol. The first-order valence-corrected chi connectivity index (χ1v) is 32.5. The number of hydrogen-bond donors (Lipinski definition) is 0. The van der Waals surface area contributed by atoms with Crippen LogP contribution in [0.5, 0.6) is 0 Å². The maximum atomic E-state index is 7.03. The highest BCUT2D eigenvalue weighted by molar-refractivity contribution is 7.27. The third kappa shape index (κ3) is 7.38. The minimum absolute atomic E-state index is 0.869. The summed E-state index contributed by atoms with van der Waals surface area (Å²) in [7, 11) is 0. The molecule has 0 aliphatic heterocycles. The molecule has 0 aliphatic rings. The first-order chi connectivity index (χ1) is 45.7. The molecule has 0 N–H and O–H groups in total. The molecule has 0 spiro atoms. The molecular formula is C88H52N2OS. The van der Waals surface area contributed by atoms with Crippen molar-refractivity contribution in [3.63, 3.8) is 0 Å². The molecule has 16 aromatic carbocycles. The lowest BCUT2D eigenvalue weighted by molar-refractivity contribution is 0.673. The molecule has 4 heterocycles. The summed E-state index contributed by atoms with van der Waals surface area (Å²) in [6.45, 7) is 0. The Hall–Kier alpha value is -11.8. The monoisotopic (exact) mass is 1180 g/mol. The van der Waals surface area contributed by atoms with Crippen LogP contribution in [0, 0.1) is 0 Å². The Bertz CT molecular complexity index is 6390. The van der Waals surface area contributed by atoms with Gasteiger partial charge in [-0.3, -0.25) is 0 Å². The number of thiophene rings is 1. The summed E-state index contributed by atoms with van der Waals surface area (Å²) >= 11 is 1.91. The van der Waals surface area contributed by atoms with Crippen LogP contribution < -0.4 is 0 Å². The van der Waals surface area contributed by atoms with Gasteiger partial charge in [0.1, 0.15) is 11.1 Å². The van der Waals surface area contributed by atoms with Crippen LogP contribution >= 0.6 is 11.3 Å². The topological polar surface area (TPSA) is 23.0 Å². The lowest BCUT2D eigenvalue weighted by Crippen LogP contribution is -1.95. The Morgan fingerprint density at radius 2 is 0.652 bits per heavy atom. The second-order valence-electron chi connectivity index (χ2n) is 24.5. The molecule has 4 heteroatoms. The molecule has 0 bridgehead atoms. The molecule has 4 aromatic heterocycles. The van der Waals surface area contributed by atoms with Crippen molar-refractivity contribution in [3.05, 3.63) is 315 Å². The molecule has 20 rings (SSSR count). The van der Waals surface area contributed by atoms with Crippen molar-refractivity contribution < 1.29 is 4.42 Å². The third-order valence-electron chi connectivity index (χ3n) is 19.7. The number of para-hydroxylation sites is 2. The highest BCUT2D eigenvalue weighted by atomic mass is 32.1. The summed E-state index contributed by atoms with van der Waals surface area (Å²) in [5.74, 6) is 0. The van der Waals surface area contributed by atoms with E-state index >= 15 is 0 Å². The molecule has 426 valence electrons. The van der Waals surface area contributed by atoms with E-state index in [-0.39, 0.29) is 0 Å². The fourth-order valence-corrected chi connectivity index (χ4v) is 17.2. The summed E-state index contributed by atoms with van der Waals surface area (Å²) in [6, 6.07) is 117. The van der Waals surface area contributed by atoms with Crippen molar-refractivity contribution in [1.29, 1.82) is 0 Å². The first-order valence-electron chi connectivity index (χ1n) is 31.6. The summed E-state index contributed by atoms with van der Waals surface area (Å²) in [5.41, 5.74) is 20.7. The van der Waals surface area contributed by atoms with Gasteiger partial charge < -0.3 is 13.6 Å². The normalized spacial score (nSPS) is 12.1. The van der Waals surface area contributed by atoms with Crippen LogP contribution in [-0.2, 0) is 0 Å². The molecular weight excluding hydrogens is 1130 g/mol. The van der Waals surface area contributed by atoms with E-state index in [1.165, 1.54) is 140 Å². The van der Waals surface area contributed by atoms with Gasteiger partial charge >= 0.3 is 0 Å². The Balaban J connectivity index is 0.773. The zero-order chi connectivity index (χ0) is 60.1. The molecule has 0 radical (unpaired) electrons. The molecule has 0 amide bonds. The quantitative estimate of drug-likeness (QED) is 0.146. The second-order valence-corrected chi connectivity index (χ2v) is 25.5. The number of fused-ring (bicyclic) bond motifs is 16. The SMILES string of the molecule is c1ccc(-n2c3ccc(-c4c5ccccc5c(-c5cccc6ccccc56)c5ccccc45)cc3c3sc4c(-c5cccc(-n6c7ccc(-c8c9ccccc9c(-c9cccc%10ccccc9%10)c9ccccc89)cc7c7oc8ccccc8c76)c5)cccc4c32)cc1. The number of benzene rings is 16. The van der Waals surface area contributed by atoms with Gasteiger partial charge in [-0.15, -0.1) is 11.3 Å². The zero-order valence-corrected chi connectivity index (χ0v) is 50.5. The minimum Gasteiger partial charge on any atom is -0.454 e. The van der Waals surface area contributed by atoms with Crippen molar-refractivity contribution in [1.82, 2.24) is 9.13 Å². The highest BCUT2D eigenvalue weighted by Gasteiger charge is 2.26. The molecule has 0 aliphatic carbocycles. The van der Waals surface area contributed by atoms with E-state index in [0.717, 1.165) is 55.5 Å².